The van der Waals surface area contributed by atoms with Gasteiger partial charge in [0.2, 0.25) is 0 Å². The molecule has 0 radical (unpaired) electrons. The summed E-state index contributed by atoms with van der Waals surface area (Å²) in [5, 5.41) is 0. The van der Waals surface area contributed by atoms with Gasteiger partial charge in [0, 0.05) is 0 Å². The second kappa shape index (κ2) is 4.10. The van der Waals surface area contributed by atoms with Crippen LogP contribution in [0.15, 0.2) is 30.4 Å². The van der Waals surface area contributed by atoms with Gasteiger partial charge in [0.15, 0.2) is 0 Å². The quantitative estimate of drug-likeness (QED) is 0.581. The van der Waals surface area contributed by atoms with Crippen LogP contribution in [0.5, 0.6) is 0 Å². The van der Waals surface area contributed by atoms with Crippen molar-refractivity contribution < 1.29 is 0 Å². The van der Waals surface area contributed by atoms with Gasteiger partial charge in [0.1, 0.15) is 0 Å². The second-order valence-electron chi connectivity index (χ2n) is 3.19. The van der Waals surface area contributed by atoms with Gasteiger partial charge in [-0.1, -0.05) is 30.4 Å². The fourth-order valence-electron chi connectivity index (χ4n) is 1.18. The highest BCUT2D eigenvalue weighted by Crippen LogP contribution is 2.10. The molecule has 1 aromatic carbocycles. The molecule has 0 aliphatic rings. The molecular formula is C12H16. The molecule has 0 spiro atoms. The van der Waals surface area contributed by atoms with Gasteiger partial charge in [-0.05, 0) is 43.9 Å². The topological polar surface area (TPSA) is 0 Å². The minimum Gasteiger partial charge on any atom is -0.0913 e. The number of hydrogen-bond donors (Lipinski definition) is 0. The molecule has 0 heteroatoms. The Labute approximate surface area is 74.9 Å². The number of allylic oxidation sites excluding steroid dienone is 2. The molecule has 0 aliphatic heterocycles. The van der Waals surface area contributed by atoms with Gasteiger partial charge in [-0.25, -0.2) is 0 Å². The Morgan fingerprint density at radius 1 is 1.17 bits per heavy atom. The minimum atomic E-state index is 1.05. The first-order chi connectivity index (χ1) is 5.74. The van der Waals surface area contributed by atoms with E-state index in [1.807, 2.05) is 0 Å². The van der Waals surface area contributed by atoms with E-state index in [0.29, 0.717) is 0 Å². The maximum atomic E-state index is 2.26. The Balaban J connectivity index is 2.82. The van der Waals surface area contributed by atoms with Gasteiger partial charge < -0.3 is 0 Å². The van der Waals surface area contributed by atoms with Crippen molar-refractivity contribution in [1.82, 2.24) is 0 Å². The molecule has 1 aromatic rings. The van der Waals surface area contributed by atoms with E-state index in [1.165, 1.54) is 16.7 Å². The number of hydrogen-bond acceptors (Lipinski definition) is 0. The normalized spacial score (nSPS) is 10.9. The van der Waals surface area contributed by atoms with Crippen molar-refractivity contribution in [2.75, 3.05) is 0 Å². The molecule has 0 aliphatic carbocycles. The standard InChI is InChI=1S/C12H16/c1-4-5-6-12-8-7-10(2)11(3)9-12/h4-5,7-9H,6H2,1-3H3/b5-4-. The van der Waals surface area contributed by atoms with Crippen LogP contribution < -0.4 is 0 Å². The third-order valence-electron chi connectivity index (χ3n) is 2.16. The zero-order valence-electron chi connectivity index (χ0n) is 8.09. The predicted molar refractivity (Wildman–Crippen MR) is 54.4 cm³/mol. The van der Waals surface area contributed by atoms with E-state index in [-0.39, 0.29) is 0 Å². The third kappa shape index (κ3) is 2.23. The molecule has 1 rings (SSSR count). The van der Waals surface area contributed by atoms with Crippen molar-refractivity contribution in [2.45, 2.75) is 27.2 Å². The van der Waals surface area contributed by atoms with Gasteiger partial charge in [-0.15, -0.1) is 0 Å². The molecule has 0 fully saturated rings. The molecule has 0 amide bonds. The van der Waals surface area contributed by atoms with Gasteiger partial charge >= 0.3 is 0 Å². The summed E-state index contributed by atoms with van der Waals surface area (Å²) < 4.78 is 0. The lowest BCUT2D eigenvalue weighted by Gasteiger charge is -2.01. The van der Waals surface area contributed by atoms with Gasteiger partial charge in [-0.2, -0.15) is 0 Å². The number of benzene rings is 1. The summed E-state index contributed by atoms with van der Waals surface area (Å²) in [4.78, 5) is 0. The zero-order valence-corrected chi connectivity index (χ0v) is 8.09. The first-order valence-corrected chi connectivity index (χ1v) is 4.41. The number of rotatable bonds is 2. The average Bonchev–Trinajstić information content (AvgIpc) is 2.07. The molecule has 12 heavy (non-hydrogen) atoms. The molecule has 0 saturated heterocycles. The first-order valence-electron chi connectivity index (χ1n) is 4.41. The van der Waals surface area contributed by atoms with Crippen molar-refractivity contribution in [2.24, 2.45) is 0 Å². The van der Waals surface area contributed by atoms with E-state index in [1.54, 1.807) is 0 Å². The molecule has 0 N–H and O–H groups in total. The summed E-state index contributed by atoms with van der Waals surface area (Å²) in [7, 11) is 0. The summed E-state index contributed by atoms with van der Waals surface area (Å²) in [6.07, 6.45) is 5.33. The SMILES string of the molecule is C/C=C\Cc1ccc(C)c(C)c1. The summed E-state index contributed by atoms with van der Waals surface area (Å²) in [6.45, 7) is 6.37. The Kier molecular flexibility index (Phi) is 3.09. The Bertz CT molecular complexity index is 282. The molecule has 0 unspecified atom stereocenters. The molecule has 0 nitrogen and oxygen atoms in total. The van der Waals surface area contributed by atoms with E-state index in [0.717, 1.165) is 6.42 Å². The van der Waals surface area contributed by atoms with E-state index < -0.39 is 0 Å². The van der Waals surface area contributed by atoms with Crippen LogP contribution in [-0.4, -0.2) is 0 Å². The highest BCUT2D eigenvalue weighted by molar-refractivity contribution is 5.30. The highest BCUT2D eigenvalue weighted by atomic mass is 14.0. The molecule has 64 valence electrons. The Morgan fingerprint density at radius 2 is 1.92 bits per heavy atom. The monoisotopic (exact) mass is 160 g/mol. The van der Waals surface area contributed by atoms with Crippen LogP contribution in [0.1, 0.15) is 23.6 Å². The molecule has 0 saturated carbocycles. The second-order valence-corrected chi connectivity index (χ2v) is 3.19. The largest absolute Gasteiger partial charge is 0.0913 e. The van der Waals surface area contributed by atoms with Crippen LogP contribution >= 0.6 is 0 Å². The van der Waals surface area contributed by atoms with Crippen LogP contribution in [0.2, 0.25) is 0 Å². The van der Waals surface area contributed by atoms with E-state index in [4.69, 9.17) is 0 Å². The lowest BCUT2D eigenvalue weighted by molar-refractivity contribution is 1.22. The lowest BCUT2D eigenvalue weighted by atomic mass is 10.0. The summed E-state index contributed by atoms with van der Waals surface area (Å²) in [6, 6.07) is 6.64. The van der Waals surface area contributed by atoms with Crippen molar-refractivity contribution in [3.05, 3.63) is 47.0 Å². The van der Waals surface area contributed by atoms with Crippen LogP contribution in [0.4, 0.5) is 0 Å². The highest BCUT2D eigenvalue weighted by Gasteiger charge is 1.93. The summed E-state index contributed by atoms with van der Waals surface area (Å²) in [5.74, 6) is 0. The fourth-order valence-corrected chi connectivity index (χ4v) is 1.18. The van der Waals surface area contributed by atoms with Crippen LogP contribution in [0, 0.1) is 13.8 Å². The summed E-state index contributed by atoms with van der Waals surface area (Å²) in [5.41, 5.74) is 4.16. The van der Waals surface area contributed by atoms with Crippen molar-refractivity contribution >= 4 is 0 Å². The maximum Gasteiger partial charge on any atom is -0.00975 e. The van der Waals surface area contributed by atoms with Crippen LogP contribution in [0.25, 0.3) is 0 Å². The number of aryl methyl sites for hydroxylation is 2. The third-order valence-corrected chi connectivity index (χ3v) is 2.16. The predicted octanol–water partition coefficient (Wildman–Crippen LogP) is 3.42. The van der Waals surface area contributed by atoms with Crippen molar-refractivity contribution in [1.29, 1.82) is 0 Å². The first kappa shape index (κ1) is 9.05. The van der Waals surface area contributed by atoms with E-state index >= 15 is 0 Å². The van der Waals surface area contributed by atoms with Gasteiger partial charge in [-0.3, -0.25) is 0 Å². The summed E-state index contributed by atoms with van der Waals surface area (Å²) >= 11 is 0. The molecule has 0 aromatic heterocycles. The lowest BCUT2D eigenvalue weighted by Crippen LogP contribution is -1.85. The molecule has 0 bridgehead atoms. The van der Waals surface area contributed by atoms with Crippen LogP contribution in [0.3, 0.4) is 0 Å². The Hall–Kier alpha value is -1.04. The van der Waals surface area contributed by atoms with Gasteiger partial charge in [0.05, 0.1) is 0 Å². The van der Waals surface area contributed by atoms with E-state index in [2.05, 4.69) is 51.1 Å². The molecule has 0 heterocycles. The zero-order chi connectivity index (χ0) is 8.97. The average molecular weight is 160 g/mol. The van der Waals surface area contributed by atoms with E-state index in [9.17, 15) is 0 Å². The molecule has 0 atom stereocenters. The minimum absolute atomic E-state index is 1.05. The smallest absolute Gasteiger partial charge is 0.00975 e. The van der Waals surface area contributed by atoms with Crippen molar-refractivity contribution in [3.8, 4) is 0 Å². The molecular weight excluding hydrogens is 144 g/mol. The fraction of sp³-hybridized carbons (Fsp3) is 0.333. The van der Waals surface area contributed by atoms with Crippen molar-refractivity contribution in [3.63, 3.8) is 0 Å². The maximum absolute atomic E-state index is 2.26. The van der Waals surface area contributed by atoms with Crippen LogP contribution in [-0.2, 0) is 6.42 Å². The Morgan fingerprint density at radius 3 is 2.50 bits per heavy atom. The van der Waals surface area contributed by atoms with Gasteiger partial charge in [0.25, 0.3) is 0 Å².